The van der Waals surface area contributed by atoms with Crippen LogP contribution < -0.4 is 14.8 Å². The first-order valence-electron chi connectivity index (χ1n) is 10.6. The van der Waals surface area contributed by atoms with E-state index in [1.54, 1.807) is 75.9 Å². The minimum Gasteiger partial charge on any atom is -0.497 e. The van der Waals surface area contributed by atoms with E-state index in [0.717, 1.165) is 15.1 Å². The molecular formula is C26H26ClFN2O4S. The molecule has 184 valence electrons. The Morgan fingerprint density at radius 3 is 2.20 bits per heavy atom. The number of nitrogens with zero attached hydrogens (tertiary/aromatic N) is 1. The van der Waals surface area contributed by atoms with Gasteiger partial charge in [0.15, 0.2) is 0 Å². The van der Waals surface area contributed by atoms with Crippen LogP contribution in [0.15, 0.2) is 83.9 Å². The summed E-state index contributed by atoms with van der Waals surface area (Å²) >= 11 is 0. The van der Waals surface area contributed by atoms with Gasteiger partial charge in [-0.2, -0.15) is 0 Å². The quantitative estimate of drug-likeness (QED) is 0.341. The van der Waals surface area contributed by atoms with Crippen LogP contribution in [-0.2, 0) is 16.6 Å². The van der Waals surface area contributed by atoms with Crippen molar-refractivity contribution in [3.05, 3.63) is 90.4 Å². The summed E-state index contributed by atoms with van der Waals surface area (Å²) in [7, 11) is 0.838. The van der Waals surface area contributed by atoms with Gasteiger partial charge in [0.05, 0.1) is 24.8 Å². The average Bonchev–Trinajstić information content (AvgIpc) is 3.28. The summed E-state index contributed by atoms with van der Waals surface area (Å²) < 4.78 is 54.0. The molecule has 0 aliphatic carbocycles. The molecule has 9 heteroatoms. The molecule has 4 aromatic rings. The molecule has 1 aromatic heterocycles. The van der Waals surface area contributed by atoms with Crippen LogP contribution >= 0.6 is 12.4 Å². The van der Waals surface area contributed by atoms with Gasteiger partial charge in [-0.1, -0.05) is 24.3 Å². The number of rotatable bonds is 8. The van der Waals surface area contributed by atoms with Crippen molar-refractivity contribution >= 4 is 22.4 Å². The maximum absolute atomic E-state index is 14.6. The third-order valence-corrected chi connectivity index (χ3v) is 7.12. The van der Waals surface area contributed by atoms with Crippen molar-refractivity contribution in [1.82, 2.24) is 9.29 Å². The van der Waals surface area contributed by atoms with E-state index in [9.17, 15) is 12.8 Å². The van der Waals surface area contributed by atoms with Crippen molar-refractivity contribution in [2.24, 2.45) is 0 Å². The number of hydrogen-bond donors (Lipinski definition) is 1. The smallest absolute Gasteiger partial charge is 0.268 e. The van der Waals surface area contributed by atoms with Gasteiger partial charge in [0.2, 0.25) is 0 Å². The van der Waals surface area contributed by atoms with Crippen molar-refractivity contribution in [1.29, 1.82) is 0 Å². The molecule has 1 heterocycles. The minimum atomic E-state index is -4.03. The summed E-state index contributed by atoms with van der Waals surface area (Å²) in [6.07, 6.45) is 1.52. The van der Waals surface area contributed by atoms with Crippen LogP contribution in [0.25, 0.3) is 22.4 Å². The minimum absolute atomic E-state index is 0. The van der Waals surface area contributed by atoms with Gasteiger partial charge in [-0.05, 0) is 66.2 Å². The molecule has 35 heavy (non-hydrogen) atoms. The highest BCUT2D eigenvalue weighted by atomic mass is 35.5. The van der Waals surface area contributed by atoms with Crippen LogP contribution in [-0.4, -0.2) is 33.7 Å². The maximum atomic E-state index is 14.6. The molecule has 0 atom stereocenters. The zero-order valence-electron chi connectivity index (χ0n) is 19.5. The lowest BCUT2D eigenvalue weighted by molar-refractivity contribution is 0.394. The van der Waals surface area contributed by atoms with Gasteiger partial charge < -0.3 is 14.8 Å². The van der Waals surface area contributed by atoms with Crippen molar-refractivity contribution in [2.75, 3.05) is 21.3 Å². The van der Waals surface area contributed by atoms with Crippen molar-refractivity contribution in [3.63, 3.8) is 0 Å². The first kappa shape index (κ1) is 26.3. The molecule has 0 bridgehead atoms. The number of ether oxygens (including phenoxy) is 2. The second-order valence-electron chi connectivity index (χ2n) is 7.67. The van der Waals surface area contributed by atoms with E-state index in [4.69, 9.17) is 9.47 Å². The third kappa shape index (κ3) is 5.35. The molecule has 1 N–H and O–H groups in total. The summed E-state index contributed by atoms with van der Waals surface area (Å²) in [5.74, 6) is 0.684. The van der Waals surface area contributed by atoms with E-state index >= 15 is 0 Å². The van der Waals surface area contributed by atoms with Gasteiger partial charge in [0.1, 0.15) is 17.3 Å². The van der Waals surface area contributed by atoms with E-state index in [-0.39, 0.29) is 28.6 Å². The number of methoxy groups -OCH3 is 2. The lowest BCUT2D eigenvalue weighted by Crippen LogP contribution is -2.14. The van der Waals surface area contributed by atoms with E-state index in [2.05, 4.69) is 5.32 Å². The summed E-state index contributed by atoms with van der Waals surface area (Å²) in [6, 6.07) is 19.8. The van der Waals surface area contributed by atoms with Gasteiger partial charge in [0, 0.05) is 24.4 Å². The van der Waals surface area contributed by atoms with Crippen LogP contribution in [0.1, 0.15) is 5.56 Å². The fourth-order valence-electron chi connectivity index (χ4n) is 3.79. The first-order chi connectivity index (χ1) is 16.4. The zero-order valence-corrected chi connectivity index (χ0v) is 21.1. The maximum Gasteiger partial charge on any atom is 0.268 e. The monoisotopic (exact) mass is 516 g/mol. The Hall–Kier alpha value is -3.33. The fourth-order valence-corrected chi connectivity index (χ4v) is 5.22. The van der Waals surface area contributed by atoms with Gasteiger partial charge in [-0.15, -0.1) is 12.4 Å². The van der Waals surface area contributed by atoms with Crippen LogP contribution in [0.2, 0.25) is 0 Å². The SMILES string of the molecule is CNCc1cc(-c2ccccc2F)n(S(=O)(=O)c2cccc(-c3cc(OC)cc(OC)c3)c2)c1.Cl. The zero-order chi connectivity index (χ0) is 24.3. The highest BCUT2D eigenvalue weighted by Gasteiger charge is 2.23. The number of nitrogens with one attached hydrogen (secondary N) is 1. The molecular weight excluding hydrogens is 491 g/mol. The van der Waals surface area contributed by atoms with Crippen LogP contribution in [0, 0.1) is 5.82 Å². The second kappa shape index (κ2) is 10.9. The van der Waals surface area contributed by atoms with Gasteiger partial charge in [-0.25, -0.2) is 16.8 Å². The molecule has 0 radical (unpaired) electrons. The summed E-state index contributed by atoms with van der Waals surface area (Å²) in [5, 5.41) is 3.01. The van der Waals surface area contributed by atoms with Crippen LogP contribution in [0.5, 0.6) is 11.5 Å². The lowest BCUT2D eigenvalue weighted by Gasteiger charge is -2.13. The molecule has 0 saturated heterocycles. The number of benzene rings is 3. The summed E-state index contributed by atoms with van der Waals surface area (Å²) in [6.45, 7) is 0.438. The van der Waals surface area contributed by atoms with E-state index in [0.29, 0.717) is 23.6 Å². The van der Waals surface area contributed by atoms with Crippen molar-refractivity contribution < 1.29 is 22.3 Å². The average molecular weight is 517 g/mol. The highest BCUT2D eigenvalue weighted by Crippen LogP contribution is 2.33. The van der Waals surface area contributed by atoms with E-state index < -0.39 is 15.8 Å². The van der Waals surface area contributed by atoms with Crippen LogP contribution in [0.3, 0.4) is 0 Å². The normalized spacial score (nSPS) is 11.1. The largest absolute Gasteiger partial charge is 0.497 e. The van der Waals surface area contributed by atoms with E-state index in [1.807, 2.05) is 6.07 Å². The standard InChI is InChI=1S/C26H25FN2O4S.ClH/c1-28-16-18-11-26(24-9-4-5-10-25(24)27)29(17-18)34(30,31)23-8-6-7-19(14-23)20-12-21(32-2)15-22(13-20)33-3;/h4-15,17,28H,16H2,1-3H3;1H. The molecule has 0 aliphatic heterocycles. The van der Waals surface area contributed by atoms with Gasteiger partial charge >= 0.3 is 0 Å². The van der Waals surface area contributed by atoms with Crippen molar-refractivity contribution in [3.8, 4) is 33.9 Å². The third-order valence-electron chi connectivity index (χ3n) is 5.45. The molecule has 0 spiro atoms. The topological polar surface area (TPSA) is 69.6 Å². The molecule has 3 aromatic carbocycles. The Morgan fingerprint density at radius 1 is 0.886 bits per heavy atom. The number of hydrogen-bond acceptors (Lipinski definition) is 5. The summed E-state index contributed by atoms with van der Waals surface area (Å²) in [5.41, 5.74) is 2.61. The predicted octanol–water partition coefficient (Wildman–Crippen LogP) is 5.36. The molecule has 0 aliphatic rings. The Bertz CT molecular complexity index is 1410. The number of aromatic nitrogens is 1. The lowest BCUT2D eigenvalue weighted by atomic mass is 10.1. The molecule has 6 nitrogen and oxygen atoms in total. The molecule has 4 rings (SSSR count). The van der Waals surface area contributed by atoms with Gasteiger partial charge in [-0.3, -0.25) is 0 Å². The van der Waals surface area contributed by atoms with Crippen LogP contribution in [0.4, 0.5) is 4.39 Å². The van der Waals surface area contributed by atoms with Gasteiger partial charge in [0.25, 0.3) is 10.0 Å². The second-order valence-corrected chi connectivity index (χ2v) is 9.49. The summed E-state index contributed by atoms with van der Waals surface area (Å²) in [4.78, 5) is 0.0796. The van der Waals surface area contributed by atoms with E-state index in [1.165, 1.54) is 18.3 Å². The number of halogens is 2. The Labute approximate surface area is 210 Å². The molecule has 0 fully saturated rings. The fraction of sp³-hybridized carbons (Fsp3) is 0.154. The molecule has 0 amide bonds. The Balaban J connectivity index is 0.00000342. The molecule has 0 saturated carbocycles. The predicted molar refractivity (Wildman–Crippen MR) is 137 cm³/mol. The Kier molecular flexibility index (Phi) is 8.22. The first-order valence-corrected chi connectivity index (χ1v) is 12.0. The molecule has 0 unspecified atom stereocenters. The highest BCUT2D eigenvalue weighted by molar-refractivity contribution is 7.90. The van der Waals surface area contributed by atoms with Crippen molar-refractivity contribution in [2.45, 2.75) is 11.4 Å². The Morgan fingerprint density at radius 2 is 1.57 bits per heavy atom.